The van der Waals surface area contributed by atoms with Crippen molar-refractivity contribution in [3.05, 3.63) is 0 Å². The van der Waals surface area contributed by atoms with Crippen molar-refractivity contribution in [1.29, 1.82) is 0 Å². The number of hydrogen-bond acceptors (Lipinski definition) is 3. The second kappa shape index (κ2) is 6.86. The third kappa shape index (κ3) is 5.97. The largest absolute Gasteiger partial charge is 0.356 e. The number of alkyl halides is 3. The molecule has 0 aliphatic heterocycles. The molecule has 0 bridgehead atoms. The SMILES string of the molecule is COC(C)OCOC(Cl)C(F)Cl. The monoisotopic (exact) mass is 220 g/mol. The van der Waals surface area contributed by atoms with Crippen LogP contribution in [0.1, 0.15) is 6.92 Å². The molecule has 3 nitrogen and oxygen atoms in total. The highest BCUT2D eigenvalue weighted by Gasteiger charge is 2.15. The van der Waals surface area contributed by atoms with Crippen molar-refractivity contribution in [3.63, 3.8) is 0 Å². The molecule has 0 radical (unpaired) electrons. The number of hydrogen-bond donors (Lipinski definition) is 0. The van der Waals surface area contributed by atoms with E-state index in [0.717, 1.165) is 0 Å². The number of halogens is 3. The molecule has 6 heteroatoms. The maximum absolute atomic E-state index is 12.1. The lowest BCUT2D eigenvalue weighted by Gasteiger charge is -2.14. The first-order chi connectivity index (χ1) is 5.57. The zero-order valence-corrected chi connectivity index (χ0v) is 8.31. The molecule has 0 aliphatic carbocycles. The van der Waals surface area contributed by atoms with Gasteiger partial charge in [-0.3, -0.25) is 0 Å². The molecule has 0 spiro atoms. The molecule has 0 aromatic carbocycles. The van der Waals surface area contributed by atoms with Crippen LogP contribution in [0.25, 0.3) is 0 Å². The lowest BCUT2D eigenvalue weighted by molar-refractivity contribution is -0.181. The van der Waals surface area contributed by atoms with E-state index >= 15 is 0 Å². The molecular formula is C6H11Cl2FO3. The molecular weight excluding hydrogens is 210 g/mol. The summed E-state index contributed by atoms with van der Waals surface area (Å²) in [6, 6.07) is 0. The van der Waals surface area contributed by atoms with Gasteiger partial charge in [0, 0.05) is 7.11 Å². The van der Waals surface area contributed by atoms with Crippen molar-refractivity contribution >= 4 is 23.2 Å². The van der Waals surface area contributed by atoms with Crippen LogP contribution in [0.2, 0.25) is 0 Å². The Morgan fingerprint density at radius 1 is 1.33 bits per heavy atom. The van der Waals surface area contributed by atoms with Gasteiger partial charge >= 0.3 is 0 Å². The summed E-state index contributed by atoms with van der Waals surface area (Å²) in [6.07, 6.45) is -0.415. The third-order valence-electron chi connectivity index (χ3n) is 1.06. The zero-order chi connectivity index (χ0) is 9.56. The summed E-state index contributed by atoms with van der Waals surface area (Å²) in [5, 5.41) is 0. The smallest absolute Gasteiger partial charge is 0.213 e. The van der Waals surface area contributed by atoms with E-state index < -0.39 is 17.5 Å². The van der Waals surface area contributed by atoms with Crippen molar-refractivity contribution in [2.75, 3.05) is 13.9 Å². The van der Waals surface area contributed by atoms with Crippen LogP contribution in [-0.2, 0) is 14.2 Å². The topological polar surface area (TPSA) is 27.7 Å². The Morgan fingerprint density at radius 2 is 1.92 bits per heavy atom. The first-order valence-electron chi connectivity index (χ1n) is 3.26. The molecule has 0 heterocycles. The van der Waals surface area contributed by atoms with Crippen molar-refractivity contribution in [1.82, 2.24) is 0 Å². The van der Waals surface area contributed by atoms with Crippen molar-refractivity contribution in [2.24, 2.45) is 0 Å². The van der Waals surface area contributed by atoms with Gasteiger partial charge in [0.25, 0.3) is 0 Å². The summed E-state index contributed by atoms with van der Waals surface area (Å²) in [5.74, 6) is 0. The molecule has 0 saturated carbocycles. The molecule has 0 aliphatic rings. The minimum atomic E-state index is -1.74. The summed E-state index contributed by atoms with van der Waals surface area (Å²) in [7, 11) is 1.47. The molecule has 0 aromatic heterocycles. The van der Waals surface area contributed by atoms with Crippen LogP contribution in [-0.4, -0.2) is 31.4 Å². The highest BCUT2D eigenvalue weighted by atomic mass is 35.5. The summed E-state index contributed by atoms with van der Waals surface area (Å²) in [5.41, 5.74) is -2.94. The van der Waals surface area contributed by atoms with E-state index in [1.165, 1.54) is 7.11 Å². The summed E-state index contributed by atoms with van der Waals surface area (Å²) in [4.78, 5) is 0. The first-order valence-corrected chi connectivity index (χ1v) is 4.13. The van der Waals surface area contributed by atoms with Crippen molar-refractivity contribution < 1.29 is 18.6 Å². The lowest BCUT2D eigenvalue weighted by atomic mass is 10.7. The van der Waals surface area contributed by atoms with Gasteiger partial charge in [0.2, 0.25) is 5.63 Å². The summed E-state index contributed by atoms with van der Waals surface area (Å²) < 4.78 is 26.3. The van der Waals surface area contributed by atoms with Crippen LogP contribution in [0.5, 0.6) is 0 Å². The Morgan fingerprint density at radius 3 is 2.33 bits per heavy atom. The predicted octanol–water partition coefficient (Wildman–Crippen LogP) is 2.07. The predicted molar refractivity (Wildman–Crippen MR) is 43.9 cm³/mol. The van der Waals surface area contributed by atoms with Crippen molar-refractivity contribution in [2.45, 2.75) is 24.4 Å². The van der Waals surface area contributed by atoms with Gasteiger partial charge in [0.15, 0.2) is 18.6 Å². The minimum absolute atomic E-state index is 0.156. The van der Waals surface area contributed by atoms with Gasteiger partial charge < -0.3 is 14.2 Å². The van der Waals surface area contributed by atoms with E-state index in [1.54, 1.807) is 6.92 Å². The fourth-order valence-corrected chi connectivity index (χ4v) is 0.465. The maximum Gasteiger partial charge on any atom is 0.213 e. The maximum atomic E-state index is 12.1. The van der Waals surface area contributed by atoms with Gasteiger partial charge in [-0.2, -0.15) is 0 Å². The fraction of sp³-hybridized carbons (Fsp3) is 1.00. The highest BCUT2D eigenvalue weighted by Crippen LogP contribution is 2.12. The Labute approximate surface area is 80.7 Å². The second-order valence-electron chi connectivity index (χ2n) is 1.94. The standard InChI is InChI=1S/C6H11Cl2FO3/c1-4(10-2)11-3-12-6(8)5(7)9/h4-6H,3H2,1-2H3. The molecule has 0 fully saturated rings. The second-order valence-corrected chi connectivity index (χ2v) is 2.79. The van der Waals surface area contributed by atoms with E-state index in [0.29, 0.717) is 0 Å². The van der Waals surface area contributed by atoms with Gasteiger partial charge in [0.1, 0.15) is 0 Å². The van der Waals surface area contributed by atoms with Crippen LogP contribution >= 0.6 is 23.2 Å². The minimum Gasteiger partial charge on any atom is -0.356 e. The zero-order valence-electron chi connectivity index (χ0n) is 6.80. The normalized spacial score (nSPS) is 18.8. The van der Waals surface area contributed by atoms with Gasteiger partial charge in [-0.25, -0.2) is 4.39 Å². The molecule has 0 rings (SSSR count). The number of ether oxygens (including phenoxy) is 3. The van der Waals surface area contributed by atoms with Gasteiger partial charge in [-0.05, 0) is 6.92 Å². The quantitative estimate of drug-likeness (QED) is 0.507. The molecule has 3 atom stereocenters. The van der Waals surface area contributed by atoms with Crippen LogP contribution in [0.4, 0.5) is 4.39 Å². The average Bonchev–Trinajstić information content (AvgIpc) is 2.03. The van der Waals surface area contributed by atoms with E-state index in [9.17, 15) is 4.39 Å². The van der Waals surface area contributed by atoms with Crippen LogP contribution in [0, 0.1) is 0 Å². The molecule has 0 saturated heterocycles. The van der Waals surface area contributed by atoms with Crippen LogP contribution in [0.15, 0.2) is 0 Å². The van der Waals surface area contributed by atoms with Gasteiger partial charge in [0.05, 0.1) is 0 Å². The third-order valence-corrected chi connectivity index (χ3v) is 1.77. The van der Waals surface area contributed by atoms with Gasteiger partial charge in [-0.1, -0.05) is 23.2 Å². The van der Waals surface area contributed by atoms with E-state index in [-0.39, 0.29) is 6.79 Å². The lowest BCUT2D eigenvalue weighted by Crippen LogP contribution is -2.19. The molecule has 0 N–H and O–H groups in total. The highest BCUT2D eigenvalue weighted by molar-refractivity contribution is 6.28. The summed E-state index contributed by atoms with van der Waals surface area (Å²) in [6.45, 7) is 1.51. The Bertz CT molecular complexity index is 115. The van der Waals surface area contributed by atoms with E-state index in [2.05, 4.69) is 4.74 Å². The molecule has 12 heavy (non-hydrogen) atoms. The van der Waals surface area contributed by atoms with Gasteiger partial charge in [-0.15, -0.1) is 0 Å². The molecule has 0 amide bonds. The van der Waals surface area contributed by atoms with Crippen LogP contribution < -0.4 is 0 Å². The first kappa shape index (κ1) is 12.4. The molecule has 0 aromatic rings. The number of methoxy groups -OCH3 is 1. The van der Waals surface area contributed by atoms with E-state index in [1.807, 2.05) is 0 Å². The van der Waals surface area contributed by atoms with E-state index in [4.69, 9.17) is 32.7 Å². The Hall–Kier alpha value is 0.390. The molecule has 3 unspecified atom stereocenters. The summed E-state index contributed by atoms with van der Waals surface area (Å²) >= 11 is 10.3. The Kier molecular flexibility index (Phi) is 7.08. The molecule has 74 valence electrons. The average molecular weight is 221 g/mol. The number of rotatable bonds is 6. The Balaban J connectivity index is 3.30. The van der Waals surface area contributed by atoms with Crippen molar-refractivity contribution in [3.8, 4) is 0 Å². The fourth-order valence-electron chi connectivity index (χ4n) is 0.341. The van der Waals surface area contributed by atoms with Crippen LogP contribution in [0.3, 0.4) is 0 Å².